The highest BCUT2D eigenvalue weighted by Crippen LogP contribution is 2.34. The van der Waals surface area contributed by atoms with Gasteiger partial charge in [0, 0.05) is 17.1 Å². The van der Waals surface area contributed by atoms with Gasteiger partial charge in [0.25, 0.3) is 0 Å². The van der Waals surface area contributed by atoms with Crippen molar-refractivity contribution < 1.29 is 23.8 Å². The first-order valence-electron chi connectivity index (χ1n) is 8.53. The molecule has 0 saturated heterocycles. The third kappa shape index (κ3) is 3.66. The number of esters is 2. The first-order valence-corrected chi connectivity index (χ1v) is 9.41. The summed E-state index contributed by atoms with van der Waals surface area (Å²) in [5.41, 5.74) is 1.74. The molecule has 0 N–H and O–H groups in total. The number of carbonyl (C=O) groups excluding carboxylic acids is 2. The SMILES string of the molecule is CCOC(=O)C(C(=O)OCC)c1c(-c2ccc(OC)cc2)nc2sccn12. The summed E-state index contributed by atoms with van der Waals surface area (Å²) in [4.78, 5) is 30.6. The van der Waals surface area contributed by atoms with E-state index < -0.39 is 17.9 Å². The van der Waals surface area contributed by atoms with E-state index in [0.29, 0.717) is 22.1 Å². The van der Waals surface area contributed by atoms with E-state index in [1.807, 2.05) is 17.5 Å². The number of aromatic nitrogens is 2. The lowest BCUT2D eigenvalue weighted by molar-refractivity contribution is -0.157. The van der Waals surface area contributed by atoms with Crippen LogP contribution in [0.2, 0.25) is 0 Å². The van der Waals surface area contributed by atoms with Crippen LogP contribution >= 0.6 is 11.3 Å². The van der Waals surface area contributed by atoms with E-state index >= 15 is 0 Å². The fraction of sp³-hybridized carbons (Fsp3) is 0.316. The second-order valence-corrected chi connectivity index (χ2v) is 6.44. The highest BCUT2D eigenvalue weighted by atomic mass is 32.1. The van der Waals surface area contributed by atoms with Gasteiger partial charge in [-0.2, -0.15) is 0 Å². The number of thiazole rings is 1. The Hall–Kier alpha value is -2.87. The molecule has 142 valence electrons. The zero-order valence-corrected chi connectivity index (χ0v) is 16.1. The van der Waals surface area contributed by atoms with Crippen molar-refractivity contribution in [2.75, 3.05) is 20.3 Å². The van der Waals surface area contributed by atoms with Crippen LogP contribution in [-0.2, 0) is 19.1 Å². The average molecular weight is 388 g/mol. The Labute approximate surface area is 160 Å². The molecule has 0 radical (unpaired) electrons. The summed E-state index contributed by atoms with van der Waals surface area (Å²) >= 11 is 1.42. The van der Waals surface area contributed by atoms with Crippen molar-refractivity contribution in [3.05, 3.63) is 41.5 Å². The van der Waals surface area contributed by atoms with Crippen LogP contribution in [0.15, 0.2) is 35.8 Å². The molecule has 1 aromatic carbocycles. The summed E-state index contributed by atoms with van der Waals surface area (Å²) in [6.45, 7) is 3.72. The first-order chi connectivity index (χ1) is 13.1. The van der Waals surface area contributed by atoms with E-state index in [9.17, 15) is 9.59 Å². The first kappa shape index (κ1) is 18.9. The lowest BCUT2D eigenvalue weighted by Gasteiger charge is -2.15. The molecule has 0 fully saturated rings. The van der Waals surface area contributed by atoms with Crippen molar-refractivity contribution in [1.29, 1.82) is 0 Å². The molecule has 0 spiro atoms. The Bertz CT molecular complexity index is 927. The second-order valence-electron chi connectivity index (χ2n) is 5.57. The van der Waals surface area contributed by atoms with Crippen LogP contribution in [0.3, 0.4) is 0 Å². The molecule has 27 heavy (non-hydrogen) atoms. The van der Waals surface area contributed by atoms with Crippen LogP contribution in [0.4, 0.5) is 0 Å². The summed E-state index contributed by atoms with van der Waals surface area (Å²) in [6.07, 6.45) is 1.78. The number of imidazole rings is 1. The van der Waals surface area contributed by atoms with E-state index in [2.05, 4.69) is 4.98 Å². The topological polar surface area (TPSA) is 79.1 Å². The van der Waals surface area contributed by atoms with Crippen molar-refractivity contribution >= 4 is 28.2 Å². The molecule has 0 atom stereocenters. The van der Waals surface area contributed by atoms with Crippen molar-refractivity contribution in [3.63, 3.8) is 0 Å². The molecule has 3 rings (SSSR count). The molecule has 0 aliphatic heterocycles. The Morgan fingerprint density at radius 3 is 2.30 bits per heavy atom. The number of ether oxygens (including phenoxy) is 3. The van der Waals surface area contributed by atoms with Crippen molar-refractivity contribution in [2.45, 2.75) is 19.8 Å². The van der Waals surface area contributed by atoms with Gasteiger partial charge >= 0.3 is 11.9 Å². The second kappa shape index (κ2) is 8.22. The largest absolute Gasteiger partial charge is 0.497 e. The van der Waals surface area contributed by atoms with Gasteiger partial charge in [-0.25, -0.2) is 4.98 Å². The molecular formula is C19H20N2O5S. The molecular weight excluding hydrogens is 368 g/mol. The summed E-state index contributed by atoms with van der Waals surface area (Å²) < 4.78 is 17.2. The van der Waals surface area contributed by atoms with Gasteiger partial charge in [-0.1, -0.05) is 0 Å². The van der Waals surface area contributed by atoms with Crippen molar-refractivity contribution in [3.8, 4) is 17.0 Å². The van der Waals surface area contributed by atoms with Crippen LogP contribution in [0, 0.1) is 0 Å². The fourth-order valence-electron chi connectivity index (χ4n) is 2.81. The summed E-state index contributed by atoms with van der Waals surface area (Å²) in [7, 11) is 1.59. The molecule has 0 aliphatic carbocycles. The highest BCUT2D eigenvalue weighted by molar-refractivity contribution is 7.15. The molecule has 7 nitrogen and oxygen atoms in total. The van der Waals surface area contributed by atoms with Crippen LogP contribution in [0.5, 0.6) is 5.75 Å². The Kier molecular flexibility index (Phi) is 5.75. The maximum Gasteiger partial charge on any atom is 0.326 e. The molecule has 0 unspecified atom stereocenters. The molecule has 0 bridgehead atoms. The van der Waals surface area contributed by atoms with E-state index in [0.717, 1.165) is 5.56 Å². The molecule has 2 heterocycles. The van der Waals surface area contributed by atoms with Gasteiger partial charge < -0.3 is 14.2 Å². The molecule has 3 aromatic rings. The van der Waals surface area contributed by atoms with E-state index in [-0.39, 0.29) is 13.2 Å². The average Bonchev–Trinajstić information content (AvgIpc) is 3.25. The highest BCUT2D eigenvalue weighted by Gasteiger charge is 2.37. The van der Waals surface area contributed by atoms with Crippen LogP contribution < -0.4 is 4.74 Å². The zero-order valence-electron chi connectivity index (χ0n) is 15.3. The molecule has 0 aliphatic rings. The van der Waals surface area contributed by atoms with E-state index in [1.54, 1.807) is 43.7 Å². The zero-order chi connectivity index (χ0) is 19.4. The van der Waals surface area contributed by atoms with Gasteiger partial charge in [-0.3, -0.25) is 14.0 Å². The van der Waals surface area contributed by atoms with Crippen LogP contribution in [-0.4, -0.2) is 41.6 Å². The number of methoxy groups -OCH3 is 1. The third-order valence-electron chi connectivity index (χ3n) is 3.98. The number of carbonyl (C=O) groups is 2. The molecule has 0 saturated carbocycles. The third-order valence-corrected chi connectivity index (χ3v) is 4.74. The smallest absolute Gasteiger partial charge is 0.326 e. The molecule has 2 aromatic heterocycles. The van der Waals surface area contributed by atoms with Gasteiger partial charge in [-0.05, 0) is 38.1 Å². The molecule has 8 heteroatoms. The number of hydrogen-bond donors (Lipinski definition) is 0. The monoisotopic (exact) mass is 388 g/mol. The standard InChI is InChI=1S/C19H20N2O5S/c1-4-25-17(22)14(18(23)26-5-2)16-15(20-19-21(16)10-11-27-19)12-6-8-13(24-3)9-7-12/h6-11,14H,4-5H2,1-3H3. The minimum absolute atomic E-state index is 0.165. The Balaban J connectivity index is 2.17. The van der Waals surface area contributed by atoms with Gasteiger partial charge in [0.15, 0.2) is 10.9 Å². The van der Waals surface area contributed by atoms with E-state index in [4.69, 9.17) is 14.2 Å². The Morgan fingerprint density at radius 2 is 1.74 bits per heavy atom. The number of rotatable bonds is 7. The van der Waals surface area contributed by atoms with Gasteiger partial charge in [0.2, 0.25) is 0 Å². The van der Waals surface area contributed by atoms with E-state index in [1.165, 1.54) is 11.3 Å². The Morgan fingerprint density at radius 1 is 1.11 bits per heavy atom. The van der Waals surface area contributed by atoms with Crippen molar-refractivity contribution in [1.82, 2.24) is 9.38 Å². The predicted molar refractivity (Wildman–Crippen MR) is 101 cm³/mol. The quantitative estimate of drug-likeness (QED) is 0.457. The minimum Gasteiger partial charge on any atom is -0.497 e. The van der Waals surface area contributed by atoms with Crippen LogP contribution in [0.25, 0.3) is 16.2 Å². The maximum atomic E-state index is 12.6. The number of nitrogens with zero attached hydrogens (tertiary/aromatic N) is 2. The lowest BCUT2D eigenvalue weighted by Crippen LogP contribution is -2.27. The molecule has 0 amide bonds. The van der Waals surface area contributed by atoms with Gasteiger partial charge in [0.1, 0.15) is 5.75 Å². The van der Waals surface area contributed by atoms with Crippen molar-refractivity contribution in [2.24, 2.45) is 0 Å². The lowest BCUT2D eigenvalue weighted by atomic mass is 9.99. The summed E-state index contributed by atoms with van der Waals surface area (Å²) in [5.74, 6) is -1.82. The fourth-order valence-corrected chi connectivity index (χ4v) is 3.53. The van der Waals surface area contributed by atoms with Crippen LogP contribution in [0.1, 0.15) is 25.5 Å². The number of hydrogen-bond acceptors (Lipinski definition) is 7. The number of benzene rings is 1. The van der Waals surface area contributed by atoms with Gasteiger partial charge in [0.05, 0.1) is 31.7 Å². The summed E-state index contributed by atoms with van der Waals surface area (Å²) in [5, 5.41) is 1.84. The number of fused-ring (bicyclic) bond motifs is 1. The predicted octanol–water partition coefficient (Wildman–Crippen LogP) is 3.28. The van der Waals surface area contributed by atoms with Gasteiger partial charge in [-0.15, -0.1) is 11.3 Å². The normalized spacial score (nSPS) is 11.0. The summed E-state index contributed by atoms with van der Waals surface area (Å²) in [6, 6.07) is 7.27. The minimum atomic E-state index is -1.22. The maximum absolute atomic E-state index is 12.6.